The van der Waals surface area contributed by atoms with Crippen LogP contribution in [0, 0.1) is 0 Å². The van der Waals surface area contributed by atoms with Gasteiger partial charge in [-0.2, -0.15) is 0 Å². The minimum atomic E-state index is -0.920. The third-order valence-corrected chi connectivity index (χ3v) is 4.07. The van der Waals surface area contributed by atoms with E-state index in [0.29, 0.717) is 17.2 Å². The van der Waals surface area contributed by atoms with E-state index in [0.717, 1.165) is 11.1 Å². The normalized spacial score (nSPS) is 13.2. The zero-order valence-electron chi connectivity index (χ0n) is 15.6. The van der Waals surface area contributed by atoms with Crippen molar-refractivity contribution < 1.29 is 28.5 Å². The fraction of sp³-hybridized carbons (Fsp3) is 0.238. The van der Waals surface area contributed by atoms with Crippen LogP contribution in [0.4, 0.5) is 0 Å². The quantitative estimate of drug-likeness (QED) is 0.585. The highest BCUT2D eigenvalue weighted by Gasteiger charge is 2.17. The van der Waals surface area contributed by atoms with Crippen LogP contribution in [0.25, 0.3) is 6.08 Å². The summed E-state index contributed by atoms with van der Waals surface area (Å²) in [4.78, 5) is 24.1. The van der Waals surface area contributed by atoms with Gasteiger partial charge in [-0.1, -0.05) is 18.2 Å². The highest BCUT2D eigenvalue weighted by atomic mass is 16.7. The number of benzene rings is 2. The van der Waals surface area contributed by atoms with E-state index in [1.54, 1.807) is 31.4 Å². The standard InChI is InChI=1S/C21H21NO6/c1-14(28-20(23)9-7-15-4-3-5-17(10-15)25-2)21(24)22-12-16-6-8-18-19(11-16)27-13-26-18/h3-11,14H,12-13H2,1-2H3,(H,22,24)/b9-7+/t14-/m0/s1. The smallest absolute Gasteiger partial charge is 0.331 e. The van der Waals surface area contributed by atoms with Gasteiger partial charge in [0, 0.05) is 12.6 Å². The lowest BCUT2D eigenvalue weighted by atomic mass is 10.2. The molecule has 0 aromatic heterocycles. The molecule has 1 heterocycles. The molecule has 0 bridgehead atoms. The van der Waals surface area contributed by atoms with Gasteiger partial charge in [-0.05, 0) is 48.4 Å². The van der Waals surface area contributed by atoms with Crippen molar-refractivity contribution in [2.45, 2.75) is 19.6 Å². The van der Waals surface area contributed by atoms with Crippen LogP contribution in [0.5, 0.6) is 17.2 Å². The Balaban J connectivity index is 1.47. The highest BCUT2D eigenvalue weighted by Crippen LogP contribution is 2.32. The highest BCUT2D eigenvalue weighted by molar-refractivity contribution is 5.90. The van der Waals surface area contributed by atoms with E-state index < -0.39 is 12.1 Å². The first-order chi connectivity index (χ1) is 13.5. The summed E-state index contributed by atoms with van der Waals surface area (Å²) in [5.74, 6) is 1.02. The van der Waals surface area contributed by atoms with Crippen molar-refractivity contribution >= 4 is 18.0 Å². The van der Waals surface area contributed by atoms with E-state index in [-0.39, 0.29) is 19.2 Å². The van der Waals surface area contributed by atoms with Crippen molar-refractivity contribution in [1.29, 1.82) is 0 Å². The molecule has 1 amide bonds. The van der Waals surface area contributed by atoms with Gasteiger partial charge < -0.3 is 24.3 Å². The number of hydrogen-bond donors (Lipinski definition) is 1. The average Bonchev–Trinajstić information content (AvgIpc) is 3.18. The van der Waals surface area contributed by atoms with Crippen molar-refractivity contribution in [3.63, 3.8) is 0 Å². The maximum absolute atomic E-state index is 12.2. The predicted molar refractivity (Wildman–Crippen MR) is 102 cm³/mol. The Bertz CT molecular complexity index is 892. The van der Waals surface area contributed by atoms with Gasteiger partial charge in [0.15, 0.2) is 17.6 Å². The zero-order valence-corrected chi connectivity index (χ0v) is 15.6. The Morgan fingerprint density at radius 2 is 2.00 bits per heavy atom. The summed E-state index contributed by atoms with van der Waals surface area (Å²) in [5.41, 5.74) is 1.64. The van der Waals surface area contributed by atoms with Gasteiger partial charge in [0.2, 0.25) is 6.79 Å². The Morgan fingerprint density at radius 3 is 2.82 bits per heavy atom. The summed E-state index contributed by atoms with van der Waals surface area (Å²) in [6, 6.07) is 12.7. The predicted octanol–water partition coefficient (Wildman–Crippen LogP) is 2.69. The maximum Gasteiger partial charge on any atom is 0.331 e. The third kappa shape index (κ3) is 5.03. The molecule has 0 spiro atoms. The molecule has 7 nitrogen and oxygen atoms in total. The van der Waals surface area contributed by atoms with Gasteiger partial charge in [0.25, 0.3) is 5.91 Å². The first-order valence-electron chi connectivity index (χ1n) is 8.74. The van der Waals surface area contributed by atoms with E-state index in [9.17, 15) is 9.59 Å². The van der Waals surface area contributed by atoms with E-state index in [2.05, 4.69) is 5.32 Å². The van der Waals surface area contributed by atoms with Gasteiger partial charge in [0.05, 0.1) is 7.11 Å². The number of esters is 1. The molecule has 7 heteroatoms. The number of fused-ring (bicyclic) bond motifs is 1. The van der Waals surface area contributed by atoms with Crippen LogP contribution in [0.1, 0.15) is 18.1 Å². The molecule has 0 radical (unpaired) electrons. The van der Waals surface area contributed by atoms with Crippen LogP contribution in [0.3, 0.4) is 0 Å². The van der Waals surface area contributed by atoms with Crippen molar-refractivity contribution in [2.75, 3.05) is 13.9 Å². The first-order valence-corrected chi connectivity index (χ1v) is 8.74. The second-order valence-corrected chi connectivity index (χ2v) is 6.09. The Kier molecular flexibility index (Phi) is 6.16. The van der Waals surface area contributed by atoms with Crippen molar-refractivity contribution in [3.05, 3.63) is 59.7 Å². The minimum absolute atomic E-state index is 0.196. The van der Waals surface area contributed by atoms with Gasteiger partial charge in [-0.15, -0.1) is 0 Å². The molecule has 0 aliphatic carbocycles. The molecule has 2 aromatic carbocycles. The number of nitrogens with one attached hydrogen (secondary N) is 1. The fourth-order valence-corrected chi connectivity index (χ4v) is 2.56. The second-order valence-electron chi connectivity index (χ2n) is 6.09. The summed E-state index contributed by atoms with van der Waals surface area (Å²) in [6.07, 6.45) is 1.95. The van der Waals surface area contributed by atoms with E-state index in [4.69, 9.17) is 18.9 Å². The zero-order chi connectivity index (χ0) is 19.9. The summed E-state index contributed by atoms with van der Waals surface area (Å²) in [5, 5.41) is 2.73. The minimum Gasteiger partial charge on any atom is -0.497 e. The van der Waals surface area contributed by atoms with Crippen molar-refractivity contribution in [3.8, 4) is 17.2 Å². The molecule has 1 N–H and O–H groups in total. The van der Waals surface area contributed by atoms with Crippen molar-refractivity contribution in [2.24, 2.45) is 0 Å². The van der Waals surface area contributed by atoms with Crippen LogP contribution >= 0.6 is 0 Å². The van der Waals surface area contributed by atoms with Crippen LogP contribution < -0.4 is 19.5 Å². The summed E-state index contributed by atoms with van der Waals surface area (Å²) >= 11 is 0. The number of carbonyl (C=O) groups is 2. The monoisotopic (exact) mass is 383 g/mol. The molecule has 1 aliphatic heterocycles. The van der Waals surface area contributed by atoms with E-state index in [1.165, 1.54) is 13.0 Å². The van der Waals surface area contributed by atoms with Crippen LogP contribution in [-0.2, 0) is 20.9 Å². The Morgan fingerprint density at radius 1 is 1.18 bits per heavy atom. The fourth-order valence-electron chi connectivity index (χ4n) is 2.56. The number of rotatable bonds is 7. The largest absolute Gasteiger partial charge is 0.497 e. The van der Waals surface area contributed by atoms with E-state index in [1.807, 2.05) is 24.3 Å². The van der Waals surface area contributed by atoms with Crippen LogP contribution in [0.15, 0.2) is 48.5 Å². The number of amides is 1. The molecular weight excluding hydrogens is 362 g/mol. The lowest BCUT2D eigenvalue weighted by Gasteiger charge is -2.12. The average molecular weight is 383 g/mol. The molecule has 28 heavy (non-hydrogen) atoms. The van der Waals surface area contributed by atoms with Crippen molar-refractivity contribution in [1.82, 2.24) is 5.32 Å². The van der Waals surface area contributed by atoms with Crippen LogP contribution in [0.2, 0.25) is 0 Å². The number of methoxy groups -OCH3 is 1. The Hall–Kier alpha value is -3.48. The lowest BCUT2D eigenvalue weighted by Crippen LogP contribution is -2.35. The Labute approximate surface area is 162 Å². The molecule has 0 saturated heterocycles. The van der Waals surface area contributed by atoms with Gasteiger partial charge in [-0.25, -0.2) is 4.79 Å². The van der Waals surface area contributed by atoms with Crippen LogP contribution in [-0.4, -0.2) is 31.9 Å². The molecule has 0 unspecified atom stereocenters. The summed E-state index contributed by atoms with van der Waals surface area (Å²) in [7, 11) is 1.57. The maximum atomic E-state index is 12.2. The summed E-state index contributed by atoms with van der Waals surface area (Å²) in [6.45, 7) is 2.00. The SMILES string of the molecule is COc1cccc(/C=C/C(=O)O[C@@H](C)C(=O)NCc2ccc3c(c2)OCO3)c1. The molecular formula is C21H21NO6. The first kappa shape index (κ1) is 19.3. The molecule has 0 fully saturated rings. The van der Waals surface area contributed by atoms with E-state index >= 15 is 0 Å². The van der Waals surface area contributed by atoms with Gasteiger partial charge in [0.1, 0.15) is 5.75 Å². The molecule has 2 aromatic rings. The number of hydrogen-bond acceptors (Lipinski definition) is 6. The topological polar surface area (TPSA) is 83.1 Å². The van der Waals surface area contributed by atoms with Gasteiger partial charge >= 0.3 is 5.97 Å². The van der Waals surface area contributed by atoms with Gasteiger partial charge in [-0.3, -0.25) is 4.79 Å². The number of carbonyl (C=O) groups excluding carboxylic acids is 2. The third-order valence-electron chi connectivity index (χ3n) is 4.07. The lowest BCUT2D eigenvalue weighted by molar-refractivity contribution is -0.150. The summed E-state index contributed by atoms with van der Waals surface area (Å²) < 4.78 is 20.8. The molecule has 0 saturated carbocycles. The molecule has 146 valence electrons. The molecule has 1 aliphatic rings. The molecule has 3 rings (SSSR count). The second kappa shape index (κ2) is 8.94. The molecule has 1 atom stereocenters. The number of ether oxygens (including phenoxy) is 4.